The highest BCUT2D eigenvalue weighted by atomic mass is 19.1. The average molecular weight is 267 g/mol. The van der Waals surface area contributed by atoms with Gasteiger partial charge in [0.15, 0.2) is 5.65 Å². The summed E-state index contributed by atoms with van der Waals surface area (Å²) in [5.74, 6) is 0.506. The van der Waals surface area contributed by atoms with Gasteiger partial charge in [0.1, 0.15) is 11.6 Å². The third kappa shape index (κ3) is 2.45. The van der Waals surface area contributed by atoms with Gasteiger partial charge in [0, 0.05) is 5.69 Å². The first kappa shape index (κ1) is 12.5. The third-order valence-electron chi connectivity index (χ3n) is 3.11. The zero-order valence-corrected chi connectivity index (χ0v) is 11.3. The summed E-state index contributed by atoms with van der Waals surface area (Å²) in [6.07, 6.45) is 3.75. The third-order valence-corrected chi connectivity index (χ3v) is 3.11. The van der Waals surface area contributed by atoms with Crippen LogP contribution in [0, 0.1) is 19.7 Å². The van der Waals surface area contributed by atoms with Gasteiger partial charge in [-0.05, 0) is 49.2 Å². The molecule has 0 saturated heterocycles. The van der Waals surface area contributed by atoms with Gasteiger partial charge >= 0.3 is 0 Å². The lowest BCUT2D eigenvalue weighted by atomic mass is 10.2. The van der Waals surface area contributed by atoms with Gasteiger partial charge in [-0.2, -0.15) is 0 Å². The molecule has 0 aliphatic carbocycles. The number of hydrogen-bond acceptors (Lipinski definition) is 2. The van der Waals surface area contributed by atoms with Crippen LogP contribution in [0.3, 0.4) is 0 Å². The minimum absolute atomic E-state index is 0.235. The first-order chi connectivity index (χ1) is 9.61. The summed E-state index contributed by atoms with van der Waals surface area (Å²) in [4.78, 5) is 12.1. The van der Waals surface area contributed by atoms with E-state index in [2.05, 4.69) is 15.0 Å². The number of halogens is 1. The van der Waals surface area contributed by atoms with E-state index >= 15 is 0 Å². The summed E-state index contributed by atoms with van der Waals surface area (Å²) in [5.41, 5.74) is 4.68. The number of pyridine rings is 1. The highest BCUT2D eigenvalue weighted by Crippen LogP contribution is 2.16. The van der Waals surface area contributed by atoms with E-state index in [1.54, 1.807) is 12.1 Å². The predicted octanol–water partition coefficient (Wildman–Crippen LogP) is 3.88. The number of H-pyrrole nitrogens is 1. The van der Waals surface area contributed by atoms with Crippen LogP contribution >= 0.6 is 0 Å². The molecule has 3 aromatic rings. The lowest BCUT2D eigenvalue weighted by Gasteiger charge is -1.95. The van der Waals surface area contributed by atoms with Gasteiger partial charge < -0.3 is 4.98 Å². The van der Waals surface area contributed by atoms with E-state index < -0.39 is 0 Å². The second-order valence-corrected chi connectivity index (χ2v) is 4.79. The number of hydrogen-bond donors (Lipinski definition) is 1. The Morgan fingerprint density at radius 3 is 2.55 bits per heavy atom. The topological polar surface area (TPSA) is 41.6 Å². The number of nitrogens with one attached hydrogen (secondary N) is 1. The molecule has 0 fully saturated rings. The van der Waals surface area contributed by atoms with E-state index in [9.17, 15) is 4.39 Å². The standard InChI is InChI=1S/C16H14FN3/c1-10-9-11(2)18-16-15(10)19-14(20-16)8-5-12-3-6-13(17)7-4-12/h3-9H,1-2H3,(H,18,19,20)/b8-5-. The fourth-order valence-corrected chi connectivity index (χ4v) is 2.15. The molecule has 0 radical (unpaired) electrons. The van der Waals surface area contributed by atoms with Crippen LogP contribution in [0.4, 0.5) is 4.39 Å². The van der Waals surface area contributed by atoms with Gasteiger partial charge in [0.05, 0.1) is 5.52 Å². The molecule has 0 aliphatic rings. The van der Waals surface area contributed by atoms with Gasteiger partial charge in [-0.25, -0.2) is 14.4 Å². The molecule has 4 heteroatoms. The van der Waals surface area contributed by atoms with Crippen LogP contribution in [0.15, 0.2) is 30.3 Å². The molecule has 0 saturated carbocycles. The maximum Gasteiger partial charge on any atom is 0.178 e. The Balaban J connectivity index is 1.95. The maximum absolute atomic E-state index is 12.8. The van der Waals surface area contributed by atoms with Crippen molar-refractivity contribution in [2.24, 2.45) is 0 Å². The number of aryl methyl sites for hydroxylation is 2. The molecule has 2 aromatic heterocycles. The molecule has 2 heterocycles. The van der Waals surface area contributed by atoms with Crippen molar-refractivity contribution in [3.8, 4) is 0 Å². The summed E-state index contributed by atoms with van der Waals surface area (Å²) in [6, 6.07) is 8.35. The largest absolute Gasteiger partial charge is 0.337 e. The number of fused-ring (bicyclic) bond motifs is 1. The SMILES string of the molecule is Cc1cc(C)c2[nH]c(/C=C\c3ccc(F)cc3)nc2n1. The molecular weight excluding hydrogens is 253 g/mol. The van der Waals surface area contributed by atoms with Crippen LogP contribution < -0.4 is 0 Å². The number of imidazole rings is 1. The van der Waals surface area contributed by atoms with E-state index in [0.717, 1.165) is 33.8 Å². The van der Waals surface area contributed by atoms with Crippen molar-refractivity contribution in [1.82, 2.24) is 15.0 Å². The molecule has 100 valence electrons. The first-order valence-corrected chi connectivity index (χ1v) is 6.39. The molecule has 20 heavy (non-hydrogen) atoms. The smallest absolute Gasteiger partial charge is 0.178 e. The van der Waals surface area contributed by atoms with Gasteiger partial charge in [-0.1, -0.05) is 18.2 Å². The minimum atomic E-state index is -0.235. The Morgan fingerprint density at radius 2 is 1.80 bits per heavy atom. The number of aromatic amines is 1. The van der Waals surface area contributed by atoms with Crippen molar-refractivity contribution < 1.29 is 4.39 Å². The van der Waals surface area contributed by atoms with Crippen LogP contribution in [0.2, 0.25) is 0 Å². The fraction of sp³-hybridized carbons (Fsp3) is 0.125. The van der Waals surface area contributed by atoms with E-state index in [1.807, 2.05) is 32.1 Å². The molecule has 0 spiro atoms. The minimum Gasteiger partial charge on any atom is -0.337 e. The van der Waals surface area contributed by atoms with Gasteiger partial charge in [0.25, 0.3) is 0 Å². The second-order valence-electron chi connectivity index (χ2n) is 4.79. The van der Waals surface area contributed by atoms with E-state index in [0.29, 0.717) is 0 Å². The Bertz CT molecular complexity index is 785. The molecule has 0 bridgehead atoms. The summed E-state index contributed by atoms with van der Waals surface area (Å²) in [5, 5.41) is 0. The predicted molar refractivity (Wildman–Crippen MR) is 78.7 cm³/mol. The number of benzene rings is 1. The Kier molecular flexibility index (Phi) is 3.06. The van der Waals surface area contributed by atoms with Gasteiger partial charge in [-0.15, -0.1) is 0 Å². The Hall–Kier alpha value is -2.49. The van der Waals surface area contributed by atoms with Crippen LogP contribution in [-0.4, -0.2) is 15.0 Å². The van der Waals surface area contributed by atoms with Crippen molar-refractivity contribution >= 4 is 23.3 Å². The van der Waals surface area contributed by atoms with E-state index in [1.165, 1.54) is 12.1 Å². The highest BCUT2D eigenvalue weighted by Gasteiger charge is 2.05. The summed E-state index contributed by atoms with van der Waals surface area (Å²) < 4.78 is 12.8. The molecule has 0 unspecified atom stereocenters. The molecule has 3 rings (SSSR count). The monoisotopic (exact) mass is 267 g/mol. The van der Waals surface area contributed by atoms with Crippen molar-refractivity contribution in [3.05, 3.63) is 58.8 Å². The van der Waals surface area contributed by atoms with Crippen LogP contribution in [0.1, 0.15) is 22.6 Å². The zero-order valence-electron chi connectivity index (χ0n) is 11.3. The lowest BCUT2D eigenvalue weighted by molar-refractivity contribution is 0.628. The Morgan fingerprint density at radius 1 is 1.05 bits per heavy atom. The fourth-order valence-electron chi connectivity index (χ4n) is 2.15. The van der Waals surface area contributed by atoms with Crippen molar-refractivity contribution in [1.29, 1.82) is 0 Å². The second kappa shape index (κ2) is 4.89. The molecule has 3 nitrogen and oxygen atoms in total. The van der Waals surface area contributed by atoms with Crippen LogP contribution in [-0.2, 0) is 0 Å². The summed E-state index contributed by atoms with van der Waals surface area (Å²) in [6.45, 7) is 3.98. The van der Waals surface area contributed by atoms with Crippen LogP contribution in [0.5, 0.6) is 0 Å². The summed E-state index contributed by atoms with van der Waals surface area (Å²) >= 11 is 0. The van der Waals surface area contributed by atoms with Crippen molar-refractivity contribution in [2.75, 3.05) is 0 Å². The van der Waals surface area contributed by atoms with Gasteiger partial charge in [-0.3, -0.25) is 0 Å². The number of nitrogens with zero attached hydrogens (tertiary/aromatic N) is 2. The summed E-state index contributed by atoms with van der Waals surface area (Å²) in [7, 11) is 0. The molecule has 1 N–H and O–H groups in total. The molecular formula is C16H14FN3. The maximum atomic E-state index is 12.8. The van der Waals surface area contributed by atoms with Crippen LogP contribution in [0.25, 0.3) is 23.3 Å². The normalized spacial score (nSPS) is 11.6. The highest BCUT2D eigenvalue weighted by molar-refractivity contribution is 5.78. The first-order valence-electron chi connectivity index (χ1n) is 6.39. The van der Waals surface area contributed by atoms with E-state index in [-0.39, 0.29) is 5.82 Å². The van der Waals surface area contributed by atoms with Crippen molar-refractivity contribution in [3.63, 3.8) is 0 Å². The average Bonchev–Trinajstić information content (AvgIpc) is 2.81. The lowest BCUT2D eigenvalue weighted by Crippen LogP contribution is -1.85. The van der Waals surface area contributed by atoms with E-state index in [4.69, 9.17) is 0 Å². The Labute approximate surface area is 116 Å². The van der Waals surface area contributed by atoms with Crippen molar-refractivity contribution in [2.45, 2.75) is 13.8 Å². The molecule has 0 aliphatic heterocycles. The zero-order chi connectivity index (χ0) is 14.1. The molecule has 1 aromatic carbocycles. The quantitative estimate of drug-likeness (QED) is 0.765. The molecule has 0 amide bonds. The number of rotatable bonds is 2. The van der Waals surface area contributed by atoms with Gasteiger partial charge in [0.2, 0.25) is 0 Å². The number of aromatic nitrogens is 3. The molecule has 0 atom stereocenters.